The Hall–Kier alpha value is -2.53. The first-order chi connectivity index (χ1) is 12.7. The highest BCUT2D eigenvalue weighted by Gasteiger charge is 2.29. The summed E-state index contributed by atoms with van der Waals surface area (Å²) in [6.45, 7) is 2.23. The number of fused-ring (bicyclic) bond motifs is 1. The molecule has 0 bridgehead atoms. The summed E-state index contributed by atoms with van der Waals surface area (Å²) < 4.78 is 11.1. The number of hydrogen-bond acceptors (Lipinski definition) is 4. The molecule has 0 radical (unpaired) electrons. The second-order valence-corrected chi connectivity index (χ2v) is 6.57. The Morgan fingerprint density at radius 1 is 1.27 bits per heavy atom. The van der Waals surface area contributed by atoms with Gasteiger partial charge in [0.25, 0.3) is 0 Å². The molecule has 2 aromatic carbocycles. The number of carbonyl (C=O) groups is 1. The molecule has 3 rings (SSSR count). The fraction of sp³-hybridized carbons (Fsp3) is 0.381. The van der Waals surface area contributed by atoms with Gasteiger partial charge in [0.15, 0.2) is 0 Å². The van der Waals surface area contributed by atoms with Gasteiger partial charge in [-0.15, -0.1) is 0 Å². The van der Waals surface area contributed by atoms with E-state index in [0.29, 0.717) is 32.7 Å². The molecule has 5 heteroatoms. The lowest BCUT2D eigenvalue weighted by atomic mass is 9.95. The summed E-state index contributed by atoms with van der Waals surface area (Å²) in [5.41, 5.74) is 7.81. The van der Waals surface area contributed by atoms with Crippen LogP contribution in [0.2, 0.25) is 0 Å². The van der Waals surface area contributed by atoms with Crippen LogP contribution in [0, 0.1) is 5.92 Å². The molecule has 0 aromatic heterocycles. The first-order valence-electron chi connectivity index (χ1n) is 9.03. The molecule has 1 aliphatic heterocycles. The lowest BCUT2D eigenvalue weighted by Gasteiger charge is -2.30. The number of nitrogens with zero attached hydrogens (tertiary/aromatic N) is 1. The standard InChI is InChI=1S/C21H26N2O3/c1-25-19-8-9-20-17(13-19)12-18(15-26-20)21(24)23(11-5-10-22)14-16-6-3-2-4-7-16/h2-4,6-9,13,18H,5,10-12,14-15,22H2,1H3. The normalized spacial score (nSPS) is 15.7. The fourth-order valence-corrected chi connectivity index (χ4v) is 3.27. The molecule has 0 saturated carbocycles. The molecular formula is C21H26N2O3. The van der Waals surface area contributed by atoms with Crippen LogP contribution in [-0.4, -0.2) is 37.6 Å². The van der Waals surface area contributed by atoms with Crippen molar-refractivity contribution >= 4 is 5.91 Å². The van der Waals surface area contributed by atoms with Crippen molar-refractivity contribution in [2.24, 2.45) is 11.7 Å². The van der Waals surface area contributed by atoms with E-state index in [1.165, 1.54) is 0 Å². The average Bonchev–Trinajstić information content (AvgIpc) is 2.70. The first-order valence-corrected chi connectivity index (χ1v) is 9.03. The smallest absolute Gasteiger partial charge is 0.229 e. The minimum Gasteiger partial charge on any atom is -0.497 e. The van der Waals surface area contributed by atoms with Crippen LogP contribution in [0.1, 0.15) is 17.5 Å². The van der Waals surface area contributed by atoms with Crippen LogP contribution < -0.4 is 15.2 Å². The Morgan fingerprint density at radius 3 is 2.81 bits per heavy atom. The number of carbonyl (C=O) groups excluding carboxylic acids is 1. The third kappa shape index (κ3) is 4.35. The maximum atomic E-state index is 13.1. The Bertz CT molecular complexity index is 733. The van der Waals surface area contributed by atoms with E-state index in [1.807, 2.05) is 53.4 Å². The van der Waals surface area contributed by atoms with Gasteiger partial charge in [0.1, 0.15) is 18.1 Å². The summed E-state index contributed by atoms with van der Waals surface area (Å²) in [4.78, 5) is 15.1. The predicted octanol–water partition coefficient (Wildman–Crippen LogP) is 2.62. The fourth-order valence-electron chi connectivity index (χ4n) is 3.27. The molecule has 2 aromatic rings. The minimum absolute atomic E-state index is 0.121. The lowest BCUT2D eigenvalue weighted by Crippen LogP contribution is -2.41. The number of hydrogen-bond donors (Lipinski definition) is 1. The van der Waals surface area contributed by atoms with Crippen LogP contribution in [-0.2, 0) is 17.8 Å². The Balaban J connectivity index is 1.73. The van der Waals surface area contributed by atoms with Crippen molar-refractivity contribution in [2.45, 2.75) is 19.4 Å². The summed E-state index contributed by atoms with van der Waals surface area (Å²) in [5.74, 6) is 1.56. The molecular weight excluding hydrogens is 328 g/mol. The summed E-state index contributed by atoms with van der Waals surface area (Å²) in [6, 6.07) is 15.8. The molecule has 2 N–H and O–H groups in total. The molecule has 1 unspecified atom stereocenters. The van der Waals surface area contributed by atoms with E-state index < -0.39 is 0 Å². The van der Waals surface area contributed by atoms with Crippen LogP contribution in [0.3, 0.4) is 0 Å². The first kappa shape index (κ1) is 18.3. The quantitative estimate of drug-likeness (QED) is 0.830. The van der Waals surface area contributed by atoms with Crippen molar-refractivity contribution < 1.29 is 14.3 Å². The van der Waals surface area contributed by atoms with Gasteiger partial charge in [0.05, 0.1) is 13.0 Å². The number of amides is 1. The van der Waals surface area contributed by atoms with Gasteiger partial charge in [-0.3, -0.25) is 4.79 Å². The van der Waals surface area contributed by atoms with Crippen molar-refractivity contribution in [3.63, 3.8) is 0 Å². The third-order valence-electron chi connectivity index (χ3n) is 4.68. The average molecular weight is 354 g/mol. The van der Waals surface area contributed by atoms with Crippen LogP contribution >= 0.6 is 0 Å². The molecule has 1 atom stereocenters. The minimum atomic E-state index is -0.184. The second-order valence-electron chi connectivity index (χ2n) is 6.57. The number of rotatable bonds is 7. The predicted molar refractivity (Wildman–Crippen MR) is 101 cm³/mol. The van der Waals surface area contributed by atoms with E-state index in [4.69, 9.17) is 15.2 Å². The molecule has 138 valence electrons. The summed E-state index contributed by atoms with van der Waals surface area (Å²) >= 11 is 0. The number of ether oxygens (including phenoxy) is 2. The Labute approximate surface area is 154 Å². The highest BCUT2D eigenvalue weighted by Crippen LogP contribution is 2.31. The SMILES string of the molecule is COc1ccc2c(c1)CC(C(=O)N(CCCN)Cc1ccccc1)CO2. The maximum Gasteiger partial charge on any atom is 0.229 e. The van der Waals surface area contributed by atoms with Gasteiger partial charge in [-0.1, -0.05) is 30.3 Å². The lowest BCUT2D eigenvalue weighted by molar-refractivity contribution is -0.137. The molecule has 0 fully saturated rings. The van der Waals surface area contributed by atoms with Crippen LogP contribution in [0.25, 0.3) is 0 Å². The number of nitrogens with two attached hydrogens (primary N) is 1. The Morgan fingerprint density at radius 2 is 2.08 bits per heavy atom. The van der Waals surface area contributed by atoms with Gasteiger partial charge in [0.2, 0.25) is 5.91 Å². The van der Waals surface area contributed by atoms with Crippen LogP contribution in [0.5, 0.6) is 11.5 Å². The van der Waals surface area contributed by atoms with E-state index in [9.17, 15) is 4.79 Å². The molecule has 0 saturated heterocycles. The molecule has 5 nitrogen and oxygen atoms in total. The van der Waals surface area contributed by atoms with Gasteiger partial charge in [-0.05, 0) is 48.7 Å². The van der Waals surface area contributed by atoms with Crippen molar-refractivity contribution in [1.82, 2.24) is 4.90 Å². The zero-order valence-corrected chi connectivity index (χ0v) is 15.2. The van der Waals surface area contributed by atoms with E-state index in [0.717, 1.165) is 29.0 Å². The molecule has 0 aliphatic carbocycles. The second kappa shape index (κ2) is 8.72. The largest absolute Gasteiger partial charge is 0.497 e. The zero-order chi connectivity index (χ0) is 18.4. The van der Waals surface area contributed by atoms with Crippen LogP contribution in [0.4, 0.5) is 0 Å². The van der Waals surface area contributed by atoms with Crippen molar-refractivity contribution in [2.75, 3.05) is 26.8 Å². The van der Waals surface area contributed by atoms with Crippen molar-refractivity contribution in [3.05, 3.63) is 59.7 Å². The van der Waals surface area contributed by atoms with E-state index in [1.54, 1.807) is 7.11 Å². The maximum absolute atomic E-state index is 13.1. The molecule has 0 spiro atoms. The topological polar surface area (TPSA) is 64.8 Å². The third-order valence-corrected chi connectivity index (χ3v) is 4.68. The highest BCUT2D eigenvalue weighted by molar-refractivity contribution is 5.80. The van der Waals surface area contributed by atoms with Gasteiger partial charge in [0, 0.05) is 13.1 Å². The van der Waals surface area contributed by atoms with Gasteiger partial charge in [-0.2, -0.15) is 0 Å². The summed E-state index contributed by atoms with van der Waals surface area (Å²) in [7, 11) is 1.64. The zero-order valence-electron chi connectivity index (χ0n) is 15.2. The molecule has 26 heavy (non-hydrogen) atoms. The number of benzene rings is 2. The molecule has 1 heterocycles. The Kier molecular flexibility index (Phi) is 6.12. The van der Waals surface area contributed by atoms with E-state index in [2.05, 4.69) is 0 Å². The molecule has 1 amide bonds. The molecule has 1 aliphatic rings. The summed E-state index contributed by atoms with van der Waals surface area (Å²) in [5, 5.41) is 0. The monoisotopic (exact) mass is 354 g/mol. The van der Waals surface area contributed by atoms with Gasteiger partial charge < -0.3 is 20.1 Å². The summed E-state index contributed by atoms with van der Waals surface area (Å²) in [6.07, 6.45) is 1.45. The van der Waals surface area contributed by atoms with Crippen molar-refractivity contribution in [1.29, 1.82) is 0 Å². The van der Waals surface area contributed by atoms with E-state index >= 15 is 0 Å². The van der Waals surface area contributed by atoms with Gasteiger partial charge >= 0.3 is 0 Å². The van der Waals surface area contributed by atoms with Crippen LogP contribution in [0.15, 0.2) is 48.5 Å². The van der Waals surface area contributed by atoms with Crippen molar-refractivity contribution in [3.8, 4) is 11.5 Å². The van der Waals surface area contributed by atoms with E-state index in [-0.39, 0.29) is 11.8 Å². The van der Waals surface area contributed by atoms with Gasteiger partial charge in [-0.25, -0.2) is 0 Å². The number of methoxy groups -OCH3 is 1. The highest BCUT2D eigenvalue weighted by atomic mass is 16.5.